The molecule has 0 atom stereocenters. The lowest BCUT2D eigenvalue weighted by Gasteiger charge is -2.12. The summed E-state index contributed by atoms with van der Waals surface area (Å²) in [5.74, 6) is 1.83. The SMILES string of the molecule is NCCCNc1c2c(nc3cc(C4CC4)nn13)CCC2. The number of rotatable bonds is 5. The Labute approximate surface area is 118 Å². The van der Waals surface area contributed by atoms with E-state index in [0.717, 1.165) is 43.8 Å². The summed E-state index contributed by atoms with van der Waals surface area (Å²) in [5, 5.41) is 8.33. The zero-order valence-corrected chi connectivity index (χ0v) is 11.7. The number of hydrogen-bond donors (Lipinski definition) is 2. The molecule has 106 valence electrons. The summed E-state index contributed by atoms with van der Waals surface area (Å²) in [6.45, 7) is 1.62. The largest absolute Gasteiger partial charge is 0.370 e. The van der Waals surface area contributed by atoms with Crippen molar-refractivity contribution in [3.05, 3.63) is 23.0 Å². The predicted octanol–water partition coefficient (Wildman–Crippen LogP) is 1.86. The summed E-state index contributed by atoms with van der Waals surface area (Å²) in [6.07, 6.45) is 6.95. The second-order valence-corrected chi connectivity index (χ2v) is 5.92. The van der Waals surface area contributed by atoms with E-state index in [4.69, 9.17) is 15.8 Å². The lowest BCUT2D eigenvalue weighted by molar-refractivity contribution is 0.832. The van der Waals surface area contributed by atoms with Crippen molar-refractivity contribution in [3.8, 4) is 0 Å². The molecule has 0 aliphatic heterocycles. The number of nitrogens with one attached hydrogen (secondary N) is 1. The van der Waals surface area contributed by atoms with Crippen molar-refractivity contribution >= 4 is 11.5 Å². The molecule has 0 unspecified atom stereocenters. The molecule has 0 aromatic carbocycles. The predicted molar refractivity (Wildman–Crippen MR) is 79.1 cm³/mol. The first kappa shape index (κ1) is 12.1. The zero-order chi connectivity index (χ0) is 13.5. The molecule has 5 nitrogen and oxygen atoms in total. The van der Waals surface area contributed by atoms with Crippen LogP contribution in [-0.4, -0.2) is 27.7 Å². The van der Waals surface area contributed by atoms with Gasteiger partial charge in [0.2, 0.25) is 0 Å². The molecule has 4 rings (SSSR count). The highest BCUT2D eigenvalue weighted by atomic mass is 15.3. The Bertz CT molecular complexity index is 641. The van der Waals surface area contributed by atoms with E-state index in [9.17, 15) is 0 Å². The number of anilines is 1. The third-order valence-corrected chi connectivity index (χ3v) is 4.31. The first-order chi connectivity index (χ1) is 9.86. The number of fused-ring (bicyclic) bond motifs is 2. The normalized spacial score (nSPS) is 17.6. The Morgan fingerprint density at radius 3 is 3.05 bits per heavy atom. The van der Waals surface area contributed by atoms with Crippen molar-refractivity contribution in [1.29, 1.82) is 0 Å². The van der Waals surface area contributed by atoms with Gasteiger partial charge in [-0.25, -0.2) is 4.98 Å². The maximum Gasteiger partial charge on any atom is 0.157 e. The molecule has 2 aromatic rings. The van der Waals surface area contributed by atoms with Crippen LogP contribution < -0.4 is 11.1 Å². The molecule has 0 amide bonds. The van der Waals surface area contributed by atoms with Crippen LogP contribution in [0.5, 0.6) is 0 Å². The highest BCUT2D eigenvalue weighted by molar-refractivity contribution is 5.58. The minimum absolute atomic E-state index is 0.670. The van der Waals surface area contributed by atoms with Gasteiger partial charge in [-0.15, -0.1) is 0 Å². The van der Waals surface area contributed by atoms with Crippen molar-refractivity contribution in [2.75, 3.05) is 18.4 Å². The van der Waals surface area contributed by atoms with Gasteiger partial charge in [-0.3, -0.25) is 0 Å². The van der Waals surface area contributed by atoms with Crippen LogP contribution in [0.3, 0.4) is 0 Å². The van der Waals surface area contributed by atoms with E-state index < -0.39 is 0 Å². The number of aromatic nitrogens is 3. The van der Waals surface area contributed by atoms with Crippen LogP contribution in [0.2, 0.25) is 0 Å². The molecule has 1 fully saturated rings. The zero-order valence-electron chi connectivity index (χ0n) is 11.7. The topological polar surface area (TPSA) is 68.2 Å². The van der Waals surface area contributed by atoms with Gasteiger partial charge in [-0.05, 0) is 45.1 Å². The summed E-state index contributed by atoms with van der Waals surface area (Å²) in [7, 11) is 0. The molecule has 20 heavy (non-hydrogen) atoms. The molecule has 2 aromatic heterocycles. The maximum absolute atomic E-state index is 5.60. The minimum atomic E-state index is 0.670. The van der Waals surface area contributed by atoms with E-state index in [2.05, 4.69) is 11.4 Å². The smallest absolute Gasteiger partial charge is 0.157 e. The number of hydrogen-bond acceptors (Lipinski definition) is 4. The molecule has 2 aliphatic carbocycles. The van der Waals surface area contributed by atoms with Gasteiger partial charge in [-0.2, -0.15) is 9.61 Å². The van der Waals surface area contributed by atoms with E-state index in [1.807, 2.05) is 4.52 Å². The van der Waals surface area contributed by atoms with E-state index in [-0.39, 0.29) is 0 Å². The minimum Gasteiger partial charge on any atom is -0.370 e. The van der Waals surface area contributed by atoms with Gasteiger partial charge in [-0.1, -0.05) is 0 Å². The van der Waals surface area contributed by atoms with Gasteiger partial charge in [0.05, 0.1) is 5.69 Å². The van der Waals surface area contributed by atoms with Crippen molar-refractivity contribution in [3.63, 3.8) is 0 Å². The number of aryl methyl sites for hydroxylation is 1. The van der Waals surface area contributed by atoms with Crippen LogP contribution in [0.4, 0.5) is 5.82 Å². The molecule has 3 N–H and O–H groups in total. The highest BCUT2D eigenvalue weighted by Crippen LogP contribution is 2.40. The molecule has 2 aliphatic rings. The maximum atomic E-state index is 5.60. The van der Waals surface area contributed by atoms with Crippen LogP contribution in [0.25, 0.3) is 5.65 Å². The average molecular weight is 271 g/mol. The first-order valence-electron chi connectivity index (χ1n) is 7.72. The monoisotopic (exact) mass is 271 g/mol. The molecular formula is C15H21N5. The number of nitrogens with zero attached hydrogens (tertiary/aromatic N) is 3. The van der Waals surface area contributed by atoms with Gasteiger partial charge in [0.25, 0.3) is 0 Å². The molecule has 0 bridgehead atoms. The van der Waals surface area contributed by atoms with Crippen molar-refractivity contribution in [1.82, 2.24) is 14.6 Å². The quantitative estimate of drug-likeness (QED) is 0.814. The van der Waals surface area contributed by atoms with Crippen LogP contribution in [0.1, 0.15) is 48.6 Å². The molecule has 1 saturated carbocycles. The molecule has 0 spiro atoms. The van der Waals surface area contributed by atoms with Crippen LogP contribution in [0.15, 0.2) is 6.07 Å². The standard InChI is InChI=1S/C15H21N5/c16-7-2-8-17-15-11-3-1-4-12(11)18-14-9-13(10-5-6-10)19-20(14)15/h9-10,17H,1-8,16H2. The Kier molecular flexibility index (Phi) is 2.88. The highest BCUT2D eigenvalue weighted by Gasteiger charge is 2.28. The summed E-state index contributed by atoms with van der Waals surface area (Å²) >= 11 is 0. The Morgan fingerprint density at radius 2 is 2.25 bits per heavy atom. The van der Waals surface area contributed by atoms with E-state index in [1.54, 1.807) is 0 Å². The van der Waals surface area contributed by atoms with Gasteiger partial charge in [0.1, 0.15) is 5.82 Å². The Hall–Kier alpha value is -1.62. The van der Waals surface area contributed by atoms with Gasteiger partial charge < -0.3 is 11.1 Å². The molecule has 2 heterocycles. The van der Waals surface area contributed by atoms with Crippen molar-refractivity contribution in [2.24, 2.45) is 5.73 Å². The van der Waals surface area contributed by atoms with E-state index in [1.165, 1.54) is 36.2 Å². The summed E-state index contributed by atoms with van der Waals surface area (Å²) < 4.78 is 2.02. The molecule has 0 radical (unpaired) electrons. The molecular weight excluding hydrogens is 250 g/mol. The van der Waals surface area contributed by atoms with E-state index in [0.29, 0.717) is 5.92 Å². The first-order valence-corrected chi connectivity index (χ1v) is 7.72. The second-order valence-electron chi connectivity index (χ2n) is 5.92. The van der Waals surface area contributed by atoms with Crippen molar-refractivity contribution < 1.29 is 0 Å². The van der Waals surface area contributed by atoms with Crippen molar-refractivity contribution in [2.45, 2.75) is 44.4 Å². The van der Waals surface area contributed by atoms with Crippen LogP contribution in [-0.2, 0) is 12.8 Å². The van der Waals surface area contributed by atoms with Gasteiger partial charge in [0.15, 0.2) is 5.65 Å². The van der Waals surface area contributed by atoms with Gasteiger partial charge >= 0.3 is 0 Å². The molecule has 5 heteroatoms. The fourth-order valence-electron chi connectivity index (χ4n) is 3.07. The van der Waals surface area contributed by atoms with Crippen LogP contribution in [0, 0.1) is 0 Å². The second kappa shape index (κ2) is 4.74. The summed E-state index contributed by atoms with van der Waals surface area (Å²) in [4.78, 5) is 4.81. The van der Waals surface area contributed by atoms with Gasteiger partial charge in [0, 0.05) is 29.8 Å². The van der Waals surface area contributed by atoms with Crippen LogP contribution >= 0.6 is 0 Å². The summed E-state index contributed by atoms with van der Waals surface area (Å²) in [5.41, 5.74) is 10.4. The lowest BCUT2D eigenvalue weighted by atomic mass is 10.2. The fourth-order valence-corrected chi connectivity index (χ4v) is 3.07. The number of nitrogens with two attached hydrogens (primary N) is 1. The fraction of sp³-hybridized carbons (Fsp3) is 0.600. The van der Waals surface area contributed by atoms with E-state index >= 15 is 0 Å². The Morgan fingerprint density at radius 1 is 1.35 bits per heavy atom. The molecule has 0 saturated heterocycles. The summed E-state index contributed by atoms with van der Waals surface area (Å²) in [6, 6.07) is 2.17. The third-order valence-electron chi connectivity index (χ3n) is 4.31. The average Bonchev–Trinajstić information content (AvgIpc) is 3.05. The Balaban J connectivity index is 1.78. The third kappa shape index (κ3) is 1.97. The lowest BCUT2D eigenvalue weighted by Crippen LogP contribution is -2.14.